The number of ether oxygens (including phenoxy) is 3. The van der Waals surface area contributed by atoms with Crippen molar-refractivity contribution in [3.8, 4) is 29.0 Å². The number of amides is 1. The number of hydrogen-bond acceptors (Lipinski definition) is 7. The summed E-state index contributed by atoms with van der Waals surface area (Å²) in [5, 5.41) is 12.8. The number of anilines is 1. The smallest absolute Gasteiger partial charge is 0.273 e. The second-order valence-corrected chi connectivity index (χ2v) is 9.32. The number of nitriles is 1. The Morgan fingerprint density at radius 1 is 1.00 bits per heavy atom. The van der Waals surface area contributed by atoms with Crippen LogP contribution in [0.3, 0.4) is 0 Å². The van der Waals surface area contributed by atoms with E-state index in [0.717, 1.165) is 17.8 Å². The molecule has 4 rings (SSSR count). The minimum atomic E-state index is -0.654. The molecular formula is C30H27N3O5S. The third kappa shape index (κ3) is 6.03. The van der Waals surface area contributed by atoms with E-state index in [2.05, 4.69) is 5.32 Å². The van der Waals surface area contributed by atoms with Gasteiger partial charge in [0.1, 0.15) is 16.5 Å². The average Bonchev–Trinajstić information content (AvgIpc) is 3.28. The number of hydrogen-bond donors (Lipinski definition) is 1. The molecule has 0 aliphatic rings. The van der Waals surface area contributed by atoms with Crippen LogP contribution in [-0.2, 0) is 4.79 Å². The number of carbonyl (C=O) groups excluding carboxylic acids is 1. The van der Waals surface area contributed by atoms with Crippen molar-refractivity contribution < 1.29 is 19.0 Å². The molecule has 0 spiro atoms. The van der Waals surface area contributed by atoms with E-state index < -0.39 is 5.91 Å². The summed E-state index contributed by atoms with van der Waals surface area (Å²) in [7, 11) is 3.05. The molecule has 1 amide bonds. The van der Waals surface area contributed by atoms with E-state index in [1.807, 2.05) is 25.1 Å². The first-order valence-corrected chi connectivity index (χ1v) is 13.0. The molecule has 0 unspecified atom stereocenters. The third-order valence-electron chi connectivity index (χ3n) is 5.69. The van der Waals surface area contributed by atoms with Crippen molar-refractivity contribution in [2.45, 2.75) is 13.3 Å². The van der Waals surface area contributed by atoms with Crippen LogP contribution >= 0.6 is 11.3 Å². The maximum absolute atomic E-state index is 13.7. The van der Waals surface area contributed by atoms with Crippen molar-refractivity contribution in [3.05, 3.63) is 97.9 Å². The number of rotatable bonds is 9. The van der Waals surface area contributed by atoms with Gasteiger partial charge < -0.3 is 19.5 Å². The molecule has 0 aliphatic heterocycles. The van der Waals surface area contributed by atoms with E-state index in [1.54, 1.807) is 73.8 Å². The Morgan fingerprint density at radius 3 is 2.41 bits per heavy atom. The molecule has 0 saturated carbocycles. The first-order valence-electron chi connectivity index (χ1n) is 12.2. The standard InChI is InChI=1S/C30H27N3O5S/c1-4-16-38-25-15-14-20(17-26(25)37-3)18-27-29(35)33(21-10-6-5-7-11-21)30(39-27)22(19-31)28(34)32-23-12-8-9-13-24(23)36-2/h5-15,17-18H,4,16H2,1-3H3,(H,32,34)/b27-18-,30-22-. The summed E-state index contributed by atoms with van der Waals surface area (Å²) in [5.74, 6) is 0.943. The Bertz CT molecular complexity index is 1700. The number of methoxy groups -OCH3 is 2. The Balaban J connectivity index is 1.90. The number of nitrogens with one attached hydrogen (secondary N) is 1. The van der Waals surface area contributed by atoms with Gasteiger partial charge in [-0.2, -0.15) is 5.26 Å². The highest BCUT2D eigenvalue weighted by molar-refractivity contribution is 7.07. The molecule has 1 heterocycles. The van der Waals surface area contributed by atoms with Crippen LogP contribution in [0.25, 0.3) is 17.3 Å². The van der Waals surface area contributed by atoms with E-state index in [1.165, 1.54) is 11.7 Å². The van der Waals surface area contributed by atoms with Gasteiger partial charge in [-0.3, -0.25) is 14.2 Å². The Kier molecular flexibility index (Phi) is 8.82. The second kappa shape index (κ2) is 12.6. The monoisotopic (exact) mass is 541 g/mol. The summed E-state index contributed by atoms with van der Waals surface area (Å²) in [6.07, 6.45) is 2.56. The van der Waals surface area contributed by atoms with Gasteiger partial charge in [0.25, 0.3) is 11.5 Å². The Labute approximate surface area is 229 Å². The summed E-state index contributed by atoms with van der Waals surface area (Å²) in [4.78, 5) is 27.0. The molecule has 0 atom stereocenters. The van der Waals surface area contributed by atoms with E-state index in [-0.39, 0.29) is 15.8 Å². The van der Waals surface area contributed by atoms with Gasteiger partial charge in [0.05, 0.1) is 36.7 Å². The molecule has 3 aromatic carbocycles. The van der Waals surface area contributed by atoms with E-state index in [9.17, 15) is 14.9 Å². The maximum Gasteiger partial charge on any atom is 0.273 e. The molecule has 39 heavy (non-hydrogen) atoms. The van der Waals surface area contributed by atoms with E-state index in [0.29, 0.717) is 45.3 Å². The highest BCUT2D eigenvalue weighted by atomic mass is 32.1. The first-order chi connectivity index (χ1) is 19.0. The summed E-state index contributed by atoms with van der Waals surface area (Å²) in [6, 6.07) is 23.2. The van der Waals surface area contributed by atoms with Crippen molar-refractivity contribution >= 4 is 34.6 Å². The molecule has 0 saturated heterocycles. The quantitative estimate of drug-likeness (QED) is 0.345. The van der Waals surface area contributed by atoms with Gasteiger partial charge in [-0.25, -0.2) is 0 Å². The zero-order valence-corrected chi connectivity index (χ0v) is 22.6. The molecule has 1 N–H and O–H groups in total. The van der Waals surface area contributed by atoms with Gasteiger partial charge in [0.2, 0.25) is 0 Å². The van der Waals surface area contributed by atoms with E-state index >= 15 is 0 Å². The topological polar surface area (TPSA) is 103 Å². The van der Waals surface area contributed by atoms with Crippen LogP contribution in [-0.4, -0.2) is 31.3 Å². The number of benzene rings is 3. The molecule has 198 valence electrons. The summed E-state index contributed by atoms with van der Waals surface area (Å²) in [6.45, 7) is 2.57. The number of para-hydroxylation sites is 3. The van der Waals surface area contributed by atoms with Gasteiger partial charge >= 0.3 is 0 Å². The molecule has 0 bridgehead atoms. The van der Waals surface area contributed by atoms with Crippen LogP contribution in [0.15, 0.2) is 77.6 Å². The molecule has 1 aromatic heterocycles. The molecule has 9 heteroatoms. The third-order valence-corrected chi connectivity index (χ3v) is 6.79. The normalized spacial score (nSPS) is 11.9. The van der Waals surface area contributed by atoms with Crippen LogP contribution in [0.4, 0.5) is 5.69 Å². The molecule has 8 nitrogen and oxygen atoms in total. The predicted octanol–water partition coefficient (Wildman–Crippen LogP) is 3.85. The summed E-state index contributed by atoms with van der Waals surface area (Å²) < 4.78 is 18.5. The van der Waals surface area contributed by atoms with Crippen LogP contribution in [0.2, 0.25) is 0 Å². The molecular weight excluding hydrogens is 514 g/mol. The van der Waals surface area contributed by atoms with Crippen molar-refractivity contribution in [2.75, 3.05) is 26.1 Å². The summed E-state index contributed by atoms with van der Waals surface area (Å²) in [5.41, 5.74) is 1.09. The lowest BCUT2D eigenvalue weighted by molar-refractivity contribution is -0.111. The maximum atomic E-state index is 13.7. The first kappa shape index (κ1) is 27.2. The lowest BCUT2D eigenvalue weighted by Crippen LogP contribution is -2.32. The number of thiazole rings is 1. The van der Waals surface area contributed by atoms with Gasteiger partial charge in [-0.15, -0.1) is 11.3 Å². The fourth-order valence-corrected chi connectivity index (χ4v) is 4.95. The van der Waals surface area contributed by atoms with Gasteiger partial charge in [0.15, 0.2) is 17.1 Å². The largest absolute Gasteiger partial charge is 0.495 e. The van der Waals surface area contributed by atoms with Crippen molar-refractivity contribution in [1.29, 1.82) is 5.26 Å². The van der Waals surface area contributed by atoms with Crippen LogP contribution < -0.4 is 34.3 Å². The molecule has 4 aromatic rings. The van der Waals surface area contributed by atoms with Crippen molar-refractivity contribution in [3.63, 3.8) is 0 Å². The minimum absolute atomic E-state index is 0.201. The number of aromatic nitrogens is 1. The van der Waals surface area contributed by atoms with Crippen LogP contribution in [0, 0.1) is 11.3 Å². The zero-order chi connectivity index (χ0) is 27.8. The van der Waals surface area contributed by atoms with Crippen LogP contribution in [0.1, 0.15) is 18.9 Å². The Hall–Kier alpha value is -4.81. The lowest BCUT2D eigenvalue weighted by atomic mass is 10.2. The van der Waals surface area contributed by atoms with Gasteiger partial charge in [-0.1, -0.05) is 43.3 Å². The van der Waals surface area contributed by atoms with Crippen LogP contribution in [0.5, 0.6) is 17.2 Å². The Morgan fingerprint density at radius 2 is 1.72 bits per heavy atom. The molecule has 0 fully saturated rings. The average molecular weight is 542 g/mol. The molecule has 0 aliphatic carbocycles. The fraction of sp³-hybridized carbons (Fsp3) is 0.167. The number of nitrogens with zero attached hydrogens (tertiary/aromatic N) is 2. The SMILES string of the molecule is CCCOc1ccc(/C=c2\s/c(=C(/C#N)C(=O)Nc3ccccc3OC)n(-c3ccccc3)c2=O)cc1OC. The fourth-order valence-electron chi connectivity index (χ4n) is 3.85. The second-order valence-electron chi connectivity index (χ2n) is 8.29. The highest BCUT2D eigenvalue weighted by Crippen LogP contribution is 2.28. The zero-order valence-electron chi connectivity index (χ0n) is 21.8. The van der Waals surface area contributed by atoms with E-state index in [4.69, 9.17) is 14.2 Å². The lowest BCUT2D eigenvalue weighted by Gasteiger charge is -2.10. The van der Waals surface area contributed by atoms with Gasteiger partial charge in [0, 0.05) is 0 Å². The highest BCUT2D eigenvalue weighted by Gasteiger charge is 2.18. The van der Waals surface area contributed by atoms with Gasteiger partial charge in [-0.05, 0) is 54.5 Å². The van der Waals surface area contributed by atoms with Crippen molar-refractivity contribution in [2.24, 2.45) is 0 Å². The number of carbonyl (C=O) groups is 1. The molecule has 0 radical (unpaired) electrons. The minimum Gasteiger partial charge on any atom is -0.495 e. The predicted molar refractivity (Wildman–Crippen MR) is 152 cm³/mol. The summed E-state index contributed by atoms with van der Waals surface area (Å²) >= 11 is 1.06. The van der Waals surface area contributed by atoms with Crippen molar-refractivity contribution in [1.82, 2.24) is 4.57 Å².